The summed E-state index contributed by atoms with van der Waals surface area (Å²) in [6.45, 7) is 12.0. The lowest BCUT2D eigenvalue weighted by molar-refractivity contribution is 0.259. The maximum absolute atomic E-state index is 4.57. The normalized spacial score (nSPS) is 24.3. The highest BCUT2D eigenvalue weighted by Gasteiger charge is 2.33. The zero-order chi connectivity index (χ0) is 14.0. The number of halogens is 1. The lowest BCUT2D eigenvalue weighted by Gasteiger charge is -2.24. The molecule has 1 aromatic rings. The minimum Gasteiger partial charge on any atom is -0.319 e. The smallest absolute Gasteiger partial charge is 0.0739 e. The maximum atomic E-state index is 4.57. The Morgan fingerprint density at radius 2 is 2.21 bits per heavy atom. The average molecular weight is 329 g/mol. The third kappa shape index (κ3) is 3.20. The minimum absolute atomic E-state index is 0.410. The van der Waals surface area contributed by atoms with Crippen LogP contribution in [0.1, 0.15) is 31.7 Å². The molecule has 0 bridgehead atoms. The molecule has 0 amide bonds. The first-order chi connectivity index (χ1) is 8.99. The van der Waals surface area contributed by atoms with Crippen molar-refractivity contribution >= 4 is 15.9 Å². The molecular formula is C14H25BrN4. The Hall–Kier alpha value is -0.390. The summed E-state index contributed by atoms with van der Waals surface area (Å²) in [4.78, 5) is 2.55. The molecule has 0 aromatic carbocycles. The number of nitrogens with one attached hydrogen (secondary N) is 1. The number of hydrogen-bond acceptors (Lipinski definition) is 3. The molecule has 1 aliphatic rings. The van der Waals surface area contributed by atoms with Gasteiger partial charge in [0.05, 0.1) is 15.9 Å². The Morgan fingerprint density at radius 1 is 1.47 bits per heavy atom. The molecule has 1 N–H and O–H groups in total. The molecule has 1 unspecified atom stereocenters. The summed E-state index contributed by atoms with van der Waals surface area (Å²) >= 11 is 3.69. The predicted molar refractivity (Wildman–Crippen MR) is 82.3 cm³/mol. The lowest BCUT2D eigenvalue weighted by Crippen LogP contribution is -2.33. The van der Waals surface area contributed by atoms with Gasteiger partial charge in [0.25, 0.3) is 0 Å². The molecular weight excluding hydrogens is 304 g/mol. The molecule has 5 heteroatoms. The van der Waals surface area contributed by atoms with E-state index in [1.807, 2.05) is 7.05 Å². The third-order valence-electron chi connectivity index (χ3n) is 4.07. The van der Waals surface area contributed by atoms with E-state index < -0.39 is 0 Å². The van der Waals surface area contributed by atoms with Gasteiger partial charge in [0, 0.05) is 26.2 Å². The predicted octanol–water partition coefficient (Wildman–Crippen LogP) is 2.41. The first kappa shape index (κ1) is 15.0. The topological polar surface area (TPSA) is 33.1 Å². The van der Waals surface area contributed by atoms with Gasteiger partial charge in [-0.2, -0.15) is 5.10 Å². The third-order valence-corrected chi connectivity index (χ3v) is 5.10. The van der Waals surface area contributed by atoms with E-state index in [2.05, 4.69) is 56.7 Å². The second kappa shape index (κ2) is 5.94. The zero-order valence-corrected chi connectivity index (χ0v) is 14.0. The van der Waals surface area contributed by atoms with Crippen molar-refractivity contribution < 1.29 is 0 Å². The fourth-order valence-corrected chi connectivity index (χ4v) is 3.47. The molecule has 1 saturated heterocycles. The van der Waals surface area contributed by atoms with Crippen LogP contribution >= 0.6 is 15.9 Å². The highest BCUT2D eigenvalue weighted by molar-refractivity contribution is 9.10. The average Bonchev–Trinajstić information content (AvgIpc) is 2.85. The number of aryl methyl sites for hydroxylation is 2. The van der Waals surface area contributed by atoms with Crippen molar-refractivity contribution in [3.8, 4) is 0 Å². The molecule has 1 atom stereocenters. The van der Waals surface area contributed by atoms with E-state index in [1.54, 1.807) is 0 Å². The Labute approximate surface area is 124 Å². The second-order valence-corrected chi connectivity index (χ2v) is 6.76. The highest BCUT2D eigenvalue weighted by atomic mass is 79.9. The first-order valence-electron chi connectivity index (χ1n) is 7.08. The molecule has 2 rings (SSSR count). The number of rotatable bonds is 5. The first-order valence-corrected chi connectivity index (χ1v) is 7.87. The van der Waals surface area contributed by atoms with Gasteiger partial charge in [0.1, 0.15) is 0 Å². The van der Waals surface area contributed by atoms with Crippen molar-refractivity contribution in [1.82, 2.24) is 20.0 Å². The summed E-state index contributed by atoms with van der Waals surface area (Å²) in [6.07, 6.45) is 1.27. The van der Waals surface area contributed by atoms with Gasteiger partial charge in [-0.3, -0.25) is 9.58 Å². The highest BCUT2D eigenvalue weighted by Crippen LogP contribution is 2.31. The number of aromatic nitrogens is 2. The Balaban J connectivity index is 2.07. The van der Waals surface area contributed by atoms with Crippen molar-refractivity contribution in [3.05, 3.63) is 15.9 Å². The fraction of sp³-hybridized carbons (Fsp3) is 0.786. The van der Waals surface area contributed by atoms with E-state index in [9.17, 15) is 0 Å². The molecule has 2 heterocycles. The minimum atomic E-state index is 0.410. The summed E-state index contributed by atoms with van der Waals surface area (Å²) in [5.41, 5.74) is 2.82. The van der Waals surface area contributed by atoms with Crippen LogP contribution in [-0.4, -0.2) is 41.4 Å². The summed E-state index contributed by atoms with van der Waals surface area (Å²) in [5.74, 6) is 0. The van der Waals surface area contributed by atoms with Crippen molar-refractivity contribution in [3.63, 3.8) is 0 Å². The Kier molecular flexibility index (Phi) is 4.69. The van der Waals surface area contributed by atoms with Crippen LogP contribution in [0.25, 0.3) is 0 Å². The van der Waals surface area contributed by atoms with Crippen molar-refractivity contribution in [2.45, 2.75) is 40.3 Å². The summed E-state index contributed by atoms with van der Waals surface area (Å²) in [5, 5.41) is 7.89. The van der Waals surface area contributed by atoms with Crippen molar-refractivity contribution in [2.24, 2.45) is 5.41 Å². The van der Waals surface area contributed by atoms with Crippen LogP contribution in [0.3, 0.4) is 0 Å². The van der Waals surface area contributed by atoms with E-state index in [0.29, 0.717) is 5.41 Å². The molecule has 0 radical (unpaired) electrons. The standard InChI is InChI=1S/C14H25BrN4/c1-5-19-12(13(15)11(2)17-19)8-18-7-6-14(3,10-18)9-16-4/h16H,5-10H2,1-4H3. The van der Waals surface area contributed by atoms with Crippen molar-refractivity contribution in [1.29, 1.82) is 0 Å². The molecule has 0 aliphatic carbocycles. The van der Waals surface area contributed by atoms with Gasteiger partial charge in [0.2, 0.25) is 0 Å². The van der Waals surface area contributed by atoms with Gasteiger partial charge in [-0.25, -0.2) is 0 Å². The second-order valence-electron chi connectivity index (χ2n) is 5.96. The quantitative estimate of drug-likeness (QED) is 0.901. The van der Waals surface area contributed by atoms with Gasteiger partial charge in [-0.05, 0) is 55.2 Å². The fourth-order valence-electron chi connectivity index (χ4n) is 3.06. The molecule has 4 nitrogen and oxygen atoms in total. The van der Waals surface area contributed by atoms with Crippen LogP contribution in [0, 0.1) is 12.3 Å². The van der Waals surface area contributed by atoms with E-state index in [4.69, 9.17) is 0 Å². The SMILES string of the molecule is CCn1nc(C)c(Br)c1CN1CCC(C)(CNC)C1. The van der Waals surface area contributed by atoms with Crippen LogP contribution in [0.15, 0.2) is 4.47 Å². The van der Waals surface area contributed by atoms with Gasteiger partial charge in [-0.1, -0.05) is 6.92 Å². The van der Waals surface area contributed by atoms with Gasteiger partial charge in [0.15, 0.2) is 0 Å². The largest absolute Gasteiger partial charge is 0.319 e. The molecule has 0 spiro atoms. The molecule has 1 aromatic heterocycles. The Bertz CT molecular complexity index is 443. The van der Waals surface area contributed by atoms with E-state index in [0.717, 1.165) is 31.9 Å². The molecule has 108 valence electrons. The van der Waals surface area contributed by atoms with E-state index in [-0.39, 0.29) is 0 Å². The Morgan fingerprint density at radius 3 is 2.84 bits per heavy atom. The number of hydrogen-bond donors (Lipinski definition) is 1. The summed E-state index contributed by atoms with van der Waals surface area (Å²) in [7, 11) is 2.04. The van der Waals surface area contributed by atoms with Crippen LogP contribution in [0.5, 0.6) is 0 Å². The monoisotopic (exact) mass is 328 g/mol. The van der Waals surface area contributed by atoms with Crippen LogP contribution in [-0.2, 0) is 13.1 Å². The van der Waals surface area contributed by atoms with Gasteiger partial charge >= 0.3 is 0 Å². The van der Waals surface area contributed by atoms with E-state index >= 15 is 0 Å². The molecule has 19 heavy (non-hydrogen) atoms. The zero-order valence-electron chi connectivity index (χ0n) is 12.5. The van der Waals surface area contributed by atoms with Gasteiger partial charge < -0.3 is 5.32 Å². The van der Waals surface area contributed by atoms with Crippen LogP contribution in [0.4, 0.5) is 0 Å². The molecule has 1 fully saturated rings. The van der Waals surface area contributed by atoms with Gasteiger partial charge in [-0.15, -0.1) is 0 Å². The number of nitrogens with zero attached hydrogens (tertiary/aromatic N) is 3. The maximum Gasteiger partial charge on any atom is 0.0739 e. The number of likely N-dealkylation sites (tertiary alicyclic amines) is 1. The van der Waals surface area contributed by atoms with Crippen LogP contribution in [0.2, 0.25) is 0 Å². The molecule has 0 saturated carbocycles. The van der Waals surface area contributed by atoms with Crippen molar-refractivity contribution in [2.75, 3.05) is 26.7 Å². The lowest BCUT2D eigenvalue weighted by atomic mass is 9.90. The molecule has 1 aliphatic heterocycles. The summed E-state index contributed by atoms with van der Waals surface area (Å²) < 4.78 is 3.30. The van der Waals surface area contributed by atoms with E-state index in [1.165, 1.54) is 23.1 Å². The van der Waals surface area contributed by atoms with Crippen LogP contribution < -0.4 is 5.32 Å². The summed E-state index contributed by atoms with van der Waals surface area (Å²) in [6, 6.07) is 0.